The summed E-state index contributed by atoms with van der Waals surface area (Å²) >= 11 is 0. The molecule has 0 saturated carbocycles. The molecule has 18 heavy (non-hydrogen) atoms. The third-order valence-electron chi connectivity index (χ3n) is 2.72. The molecule has 5 heteroatoms. The predicted molar refractivity (Wildman–Crippen MR) is 68.4 cm³/mol. The van der Waals surface area contributed by atoms with Crippen molar-refractivity contribution in [2.45, 2.75) is 6.92 Å². The van der Waals surface area contributed by atoms with E-state index >= 15 is 0 Å². The fourth-order valence-corrected chi connectivity index (χ4v) is 1.79. The van der Waals surface area contributed by atoms with Crippen LogP contribution in [0.2, 0.25) is 0 Å². The lowest BCUT2D eigenvalue weighted by Crippen LogP contribution is -1.91. The Morgan fingerprint density at radius 3 is 2.39 bits per heavy atom. The predicted octanol–water partition coefficient (Wildman–Crippen LogP) is 2.41. The van der Waals surface area contributed by atoms with Gasteiger partial charge in [-0.15, -0.1) is 0 Å². The van der Waals surface area contributed by atoms with E-state index in [0.29, 0.717) is 6.01 Å². The zero-order chi connectivity index (χ0) is 13.1. The van der Waals surface area contributed by atoms with Crippen LogP contribution in [0.4, 0.5) is 0 Å². The minimum atomic E-state index is 0.479. The third kappa shape index (κ3) is 2.11. The Morgan fingerprint density at radius 2 is 1.83 bits per heavy atom. The number of methoxy groups -OCH3 is 3. The van der Waals surface area contributed by atoms with Gasteiger partial charge in [0.15, 0.2) is 0 Å². The summed E-state index contributed by atoms with van der Waals surface area (Å²) in [6.07, 6.45) is 0. The van der Waals surface area contributed by atoms with E-state index < -0.39 is 0 Å². The minimum Gasteiger partial charge on any atom is -0.497 e. The van der Waals surface area contributed by atoms with Crippen molar-refractivity contribution in [2.24, 2.45) is 0 Å². The number of aromatic amines is 1. The fraction of sp³-hybridized carbons (Fsp3) is 0.308. The van der Waals surface area contributed by atoms with Gasteiger partial charge in [0, 0.05) is 11.3 Å². The molecule has 0 aliphatic rings. The molecule has 0 spiro atoms. The lowest BCUT2D eigenvalue weighted by molar-refractivity contribution is 0.384. The maximum Gasteiger partial charge on any atom is 0.294 e. The minimum absolute atomic E-state index is 0.479. The average Bonchev–Trinajstić information content (AvgIpc) is 2.79. The Labute approximate surface area is 106 Å². The van der Waals surface area contributed by atoms with Gasteiger partial charge in [0.2, 0.25) is 0 Å². The van der Waals surface area contributed by atoms with Gasteiger partial charge in [0.05, 0.1) is 27.0 Å². The second kappa shape index (κ2) is 5.00. The Morgan fingerprint density at radius 1 is 1.06 bits per heavy atom. The van der Waals surface area contributed by atoms with Crippen molar-refractivity contribution in [1.29, 1.82) is 0 Å². The number of aryl methyl sites for hydroxylation is 1. The van der Waals surface area contributed by atoms with Crippen LogP contribution in [0.15, 0.2) is 18.2 Å². The standard InChI is InChI=1S/C13H16N2O3/c1-8-12(15-13(14-8)18-4)10-7-9(16-2)5-6-11(10)17-3/h5-7H,1-4H3,(H,14,15). The zero-order valence-electron chi connectivity index (χ0n) is 10.9. The Hall–Kier alpha value is -2.17. The summed E-state index contributed by atoms with van der Waals surface area (Å²) in [5.74, 6) is 1.50. The van der Waals surface area contributed by atoms with Crippen molar-refractivity contribution >= 4 is 0 Å². The molecule has 1 heterocycles. The number of benzene rings is 1. The molecule has 2 aromatic rings. The molecule has 0 radical (unpaired) electrons. The van der Waals surface area contributed by atoms with Crippen LogP contribution in [-0.2, 0) is 0 Å². The van der Waals surface area contributed by atoms with Crippen LogP contribution in [0.25, 0.3) is 11.3 Å². The molecule has 2 rings (SSSR count). The number of nitrogens with zero attached hydrogens (tertiary/aromatic N) is 1. The van der Waals surface area contributed by atoms with Crippen LogP contribution >= 0.6 is 0 Å². The highest BCUT2D eigenvalue weighted by molar-refractivity contribution is 5.71. The summed E-state index contributed by atoms with van der Waals surface area (Å²) in [5, 5.41) is 0. The summed E-state index contributed by atoms with van der Waals surface area (Å²) in [6, 6.07) is 6.07. The number of hydrogen-bond donors (Lipinski definition) is 1. The molecular formula is C13H16N2O3. The number of aromatic nitrogens is 2. The summed E-state index contributed by atoms with van der Waals surface area (Å²) in [6.45, 7) is 1.93. The first kappa shape index (κ1) is 12.3. The van der Waals surface area contributed by atoms with Gasteiger partial charge in [-0.1, -0.05) is 0 Å². The first-order valence-corrected chi connectivity index (χ1v) is 5.52. The molecule has 0 saturated heterocycles. The highest BCUT2D eigenvalue weighted by atomic mass is 16.5. The van der Waals surface area contributed by atoms with Gasteiger partial charge in [-0.05, 0) is 25.1 Å². The first-order valence-electron chi connectivity index (χ1n) is 5.52. The number of ether oxygens (including phenoxy) is 3. The summed E-state index contributed by atoms with van der Waals surface area (Å²) < 4.78 is 15.7. The van der Waals surface area contributed by atoms with E-state index in [0.717, 1.165) is 28.5 Å². The fourth-order valence-electron chi connectivity index (χ4n) is 1.79. The molecule has 1 aromatic heterocycles. The van der Waals surface area contributed by atoms with E-state index in [-0.39, 0.29) is 0 Å². The number of hydrogen-bond acceptors (Lipinski definition) is 4. The molecule has 0 atom stereocenters. The maximum absolute atomic E-state index is 5.35. The van der Waals surface area contributed by atoms with Crippen molar-refractivity contribution in [1.82, 2.24) is 9.97 Å². The Balaban J connectivity index is 2.56. The van der Waals surface area contributed by atoms with Crippen LogP contribution in [0, 0.1) is 6.92 Å². The van der Waals surface area contributed by atoms with Gasteiger partial charge in [-0.2, -0.15) is 4.98 Å². The Bertz CT molecular complexity index is 549. The molecule has 0 unspecified atom stereocenters. The highest BCUT2D eigenvalue weighted by Gasteiger charge is 2.14. The van der Waals surface area contributed by atoms with Crippen LogP contribution in [0.1, 0.15) is 5.69 Å². The van der Waals surface area contributed by atoms with E-state index in [1.807, 2.05) is 25.1 Å². The van der Waals surface area contributed by atoms with Crippen molar-refractivity contribution in [3.63, 3.8) is 0 Å². The van der Waals surface area contributed by atoms with Crippen molar-refractivity contribution in [3.05, 3.63) is 23.9 Å². The summed E-state index contributed by atoms with van der Waals surface area (Å²) in [4.78, 5) is 7.42. The lowest BCUT2D eigenvalue weighted by Gasteiger charge is -2.09. The molecule has 0 amide bonds. The van der Waals surface area contributed by atoms with Gasteiger partial charge in [-0.25, -0.2) is 0 Å². The lowest BCUT2D eigenvalue weighted by atomic mass is 10.1. The van der Waals surface area contributed by atoms with E-state index in [1.54, 1.807) is 21.3 Å². The molecule has 0 aliphatic heterocycles. The average molecular weight is 248 g/mol. The van der Waals surface area contributed by atoms with Crippen molar-refractivity contribution < 1.29 is 14.2 Å². The van der Waals surface area contributed by atoms with Crippen molar-refractivity contribution in [3.8, 4) is 28.8 Å². The second-order valence-electron chi connectivity index (χ2n) is 3.79. The van der Waals surface area contributed by atoms with E-state index in [9.17, 15) is 0 Å². The van der Waals surface area contributed by atoms with Crippen molar-refractivity contribution in [2.75, 3.05) is 21.3 Å². The van der Waals surface area contributed by atoms with Crippen LogP contribution < -0.4 is 14.2 Å². The van der Waals surface area contributed by atoms with Gasteiger partial charge in [0.1, 0.15) is 11.5 Å². The number of nitrogens with one attached hydrogen (secondary N) is 1. The largest absolute Gasteiger partial charge is 0.497 e. The third-order valence-corrected chi connectivity index (χ3v) is 2.72. The van der Waals surface area contributed by atoms with E-state index in [2.05, 4.69) is 9.97 Å². The van der Waals surface area contributed by atoms with E-state index in [4.69, 9.17) is 14.2 Å². The number of rotatable bonds is 4. The van der Waals surface area contributed by atoms with Gasteiger partial charge < -0.3 is 19.2 Å². The molecule has 1 aromatic carbocycles. The number of H-pyrrole nitrogens is 1. The monoisotopic (exact) mass is 248 g/mol. The van der Waals surface area contributed by atoms with Crippen LogP contribution in [0.5, 0.6) is 17.5 Å². The van der Waals surface area contributed by atoms with Gasteiger partial charge >= 0.3 is 0 Å². The Kier molecular flexibility index (Phi) is 3.41. The topological polar surface area (TPSA) is 56.4 Å². The second-order valence-corrected chi connectivity index (χ2v) is 3.79. The number of imidazole rings is 1. The van der Waals surface area contributed by atoms with Gasteiger partial charge in [-0.3, -0.25) is 0 Å². The summed E-state index contributed by atoms with van der Waals surface area (Å²) in [5.41, 5.74) is 2.58. The van der Waals surface area contributed by atoms with Gasteiger partial charge in [0.25, 0.3) is 6.01 Å². The maximum atomic E-state index is 5.35. The molecule has 5 nitrogen and oxygen atoms in total. The molecule has 0 fully saturated rings. The zero-order valence-corrected chi connectivity index (χ0v) is 10.9. The molecule has 0 aliphatic carbocycles. The SMILES string of the molecule is COc1ccc(OC)c(-c2nc(OC)[nH]c2C)c1. The van der Waals surface area contributed by atoms with Crippen LogP contribution in [0.3, 0.4) is 0 Å². The smallest absolute Gasteiger partial charge is 0.294 e. The summed E-state index contributed by atoms with van der Waals surface area (Å²) in [7, 11) is 4.83. The molecule has 0 bridgehead atoms. The molecule has 96 valence electrons. The first-order chi connectivity index (χ1) is 8.69. The molecule has 1 N–H and O–H groups in total. The quantitative estimate of drug-likeness (QED) is 0.902. The molecular weight excluding hydrogens is 232 g/mol. The van der Waals surface area contributed by atoms with Crippen LogP contribution in [-0.4, -0.2) is 31.3 Å². The highest BCUT2D eigenvalue weighted by Crippen LogP contribution is 2.34. The van der Waals surface area contributed by atoms with E-state index in [1.165, 1.54) is 0 Å². The normalized spacial score (nSPS) is 10.2.